The van der Waals surface area contributed by atoms with Crippen molar-refractivity contribution in [2.45, 2.75) is 98.3 Å². The van der Waals surface area contributed by atoms with Crippen molar-refractivity contribution < 1.29 is 8.23 Å². The summed E-state index contributed by atoms with van der Waals surface area (Å²) in [5.74, 6) is 1.66. The molecule has 134 valence electrons. The first kappa shape index (κ1) is 22.6. The van der Waals surface area contributed by atoms with Gasteiger partial charge in [-0.05, 0) is 63.7 Å². The third-order valence-corrected chi connectivity index (χ3v) is 14.3. The predicted molar refractivity (Wildman–Crippen MR) is 108 cm³/mol. The van der Waals surface area contributed by atoms with E-state index < -0.39 is 25.2 Å². The quantitative estimate of drug-likeness (QED) is 0.385. The molecule has 22 heavy (non-hydrogen) atoms. The van der Waals surface area contributed by atoms with Gasteiger partial charge in [0.25, 0.3) is 0 Å². The van der Waals surface area contributed by atoms with Gasteiger partial charge in [0, 0.05) is 0 Å². The van der Waals surface area contributed by atoms with Crippen LogP contribution in [0.25, 0.3) is 0 Å². The van der Waals surface area contributed by atoms with Gasteiger partial charge in [-0.25, -0.2) is 0 Å². The minimum atomic E-state index is -1.97. The lowest BCUT2D eigenvalue weighted by molar-refractivity contribution is 0.381. The molecule has 0 aromatic heterocycles. The van der Waals surface area contributed by atoms with E-state index in [2.05, 4.69) is 66.6 Å². The van der Waals surface area contributed by atoms with Crippen LogP contribution in [0.2, 0.25) is 51.9 Å². The lowest BCUT2D eigenvalue weighted by Crippen LogP contribution is -2.51. The molecule has 0 spiro atoms. The Kier molecular flexibility index (Phi) is 9.40. The second kappa shape index (κ2) is 9.16. The van der Waals surface area contributed by atoms with E-state index in [1.54, 1.807) is 0 Å². The van der Waals surface area contributed by atoms with Crippen LogP contribution in [0, 0.1) is 11.8 Å². The van der Waals surface area contributed by atoms with Crippen LogP contribution in [-0.4, -0.2) is 25.2 Å². The highest BCUT2D eigenvalue weighted by atomic mass is 28.5. The van der Waals surface area contributed by atoms with Crippen molar-refractivity contribution in [3.63, 3.8) is 0 Å². The zero-order valence-electron chi connectivity index (χ0n) is 17.0. The van der Waals surface area contributed by atoms with Crippen molar-refractivity contribution >= 4 is 25.2 Å². The number of hydrogen-bond acceptors (Lipinski definition) is 2. The molecule has 0 N–H and O–H groups in total. The summed E-state index contributed by atoms with van der Waals surface area (Å²) >= 11 is 0. The average molecular weight is 363 g/mol. The fourth-order valence-electron chi connectivity index (χ4n) is 3.43. The maximum Gasteiger partial charge on any atom is 0.311 e. The van der Waals surface area contributed by atoms with E-state index in [1.165, 1.54) is 31.7 Å². The minimum Gasteiger partial charge on any atom is -0.437 e. The van der Waals surface area contributed by atoms with Gasteiger partial charge < -0.3 is 8.23 Å². The van der Waals surface area contributed by atoms with E-state index >= 15 is 0 Å². The molecule has 0 fully saturated rings. The van der Waals surface area contributed by atoms with Crippen molar-refractivity contribution in [2.24, 2.45) is 11.8 Å². The molecular weight excluding hydrogens is 320 g/mol. The van der Waals surface area contributed by atoms with Gasteiger partial charge in [-0.15, -0.1) is 0 Å². The predicted octanol–water partition coefficient (Wildman–Crippen LogP) is 6.61. The van der Waals surface area contributed by atoms with Crippen LogP contribution in [0.1, 0.15) is 46.5 Å². The fraction of sp³-hybridized carbons (Fsp3) is 1.00. The highest BCUT2D eigenvalue weighted by Crippen LogP contribution is 2.28. The van der Waals surface area contributed by atoms with Crippen molar-refractivity contribution in [3.05, 3.63) is 0 Å². The zero-order chi connectivity index (χ0) is 17.6. The first-order valence-corrected chi connectivity index (χ1v) is 18.5. The van der Waals surface area contributed by atoms with E-state index in [1.807, 2.05) is 0 Å². The van der Waals surface area contributed by atoms with Crippen molar-refractivity contribution in [2.75, 3.05) is 0 Å². The molecule has 0 aromatic carbocycles. The summed E-state index contributed by atoms with van der Waals surface area (Å²) < 4.78 is 13.0. The molecule has 0 aliphatic heterocycles. The first-order valence-electron chi connectivity index (χ1n) is 9.16. The molecule has 2 atom stereocenters. The molecule has 0 heterocycles. The molecule has 2 unspecified atom stereocenters. The maximum absolute atomic E-state index is 6.61. The molecule has 0 aliphatic rings. The van der Waals surface area contributed by atoms with Crippen LogP contribution in [-0.2, 0) is 8.23 Å². The second-order valence-electron chi connectivity index (χ2n) is 9.23. The average Bonchev–Trinajstić information content (AvgIpc) is 2.22. The van der Waals surface area contributed by atoms with Crippen molar-refractivity contribution in [3.8, 4) is 0 Å². The van der Waals surface area contributed by atoms with Crippen LogP contribution in [0.5, 0.6) is 0 Å². The summed E-state index contributed by atoms with van der Waals surface area (Å²) in [7, 11) is -5.11. The molecule has 0 bridgehead atoms. The molecule has 0 radical (unpaired) electrons. The topological polar surface area (TPSA) is 18.5 Å². The Morgan fingerprint density at radius 1 is 0.773 bits per heavy atom. The largest absolute Gasteiger partial charge is 0.437 e. The highest BCUT2D eigenvalue weighted by Gasteiger charge is 2.38. The van der Waals surface area contributed by atoms with Gasteiger partial charge in [-0.3, -0.25) is 0 Å². The molecule has 0 amide bonds. The van der Waals surface area contributed by atoms with Gasteiger partial charge in [0.15, 0.2) is 16.6 Å². The Hall–Kier alpha value is 0.571. The third-order valence-electron chi connectivity index (χ3n) is 4.00. The summed E-state index contributed by atoms with van der Waals surface area (Å²) in [5.41, 5.74) is 0. The molecule has 5 heteroatoms. The summed E-state index contributed by atoms with van der Waals surface area (Å²) in [4.78, 5) is 0. The Morgan fingerprint density at radius 2 is 1.27 bits per heavy atom. The summed E-state index contributed by atoms with van der Waals surface area (Å²) in [6.45, 7) is 23.1. The van der Waals surface area contributed by atoms with Crippen molar-refractivity contribution in [1.82, 2.24) is 0 Å². The monoisotopic (exact) mass is 362 g/mol. The molecule has 0 aliphatic carbocycles. The van der Waals surface area contributed by atoms with Crippen LogP contribution in [0.15, 0.2) is 0 Å². The Balaban J connectivity index is 4.32. The van der Waals surface area contributed by atoms with Crippen molar-refractivity contribution in [1.29, 1.82) is 0 Å². The fourth-order valence-corrected chi connectivity index (χ4v) is 17.4. The van der Waals surface area contributed by atoms with E-state index in [0.717, 1.165) is 11.8 Å². The van der Waals surface area contributed by atoms with Gasteiger partial charge in [0.05, 0.1) is 0 Å². The first-order chi connectivity index (χ1) is 9.76. The summed E-state index contributed by atoms with van der Waals surface area (Å²) in [6.07, 6.45) is 5.40. The Labute approximate surface area is 143 Å². The van der Waals surface area contributed by atoms with Gasteiger partial charge in [-0.1, -0.05) is 46.5 Å². The lowest BCUT2D eigenvalue weighted by Gasteiger charge is -2.38. The molecule has 0 aromatic rings. The van der Waals surface area contributed by atoms with E-state index in [0.29, 0.717) is 0 Å². The minimum absolute atomic E-state index is 0.780. The van der Waals surface area contributed by atoms with E-state index in [4.69, 9.17) is 8.23 Å². The smallest absolute Gasteiger partial charge is 0.311 e. The van der Waals surface area contributed by atoms with Crippen LogP contribution >= 0.6 is 0 Å². The van der Waals surface area contributed by atoms with E-state index in [9.17, 15) is 0 Å². The normalized spacial score (nSPS) is 16.6. The molecule has 0 rings (SSSR count). The second-order valence-corrected chi connectivity index (χ2v) is 21.8. The number of hydrogen-bond donors (Lipinski definition) is 0. The van der Waals surface area contributed by atoms with E-state index in [-0.39, 0.29) is 0 Å². The van der Waals surface area contributed by atoms with Gasteiger partial charge >= 0.3 is 8.56 Å². The van der Waals surface area contributed by atoms with Gasteiger partial charge in [-0.2, -0.15) is 0 Å². The summed E-state index contributed by atoms with van der Waals surface area (Å²) in [5, 5.41) is 0. The molecule has 0 saturated heterocycles. The lowest BCUT2D eigenvalue weighted by atomic mass is 9.98. The molecule has 2 nitrogen and oxygen atoms in total. The standard InChI is InChI=1S/C17H42O2Si3/c1-11-16(2)13-12-14-17(3)15-21(7,8)19-22(9,10)18-20(4,5)6/h16-17H,11-15H2,1-10H3. The Morgan fingerprint density at radius 3 is 1.73 bits per heavy atom. The highest BCUT2D eigenvalue weighted by molar-refractivity contribution is 6.87. The number of rotatable bonds is 11. The van der Waals surface area contributed by atoms with Gasteiger partial charge in [0.1, 0.15) is 0 Å². The third kappa shape index (κ3) is 12.0. The van der Waals surface area contributed by atoms with Crippen LogP contribution in [0.3, 0.4) is 0 Å². The zero-order valence-corrected chi connectivity index (χ0v) is 20.0. The Bertz CT molecular complexity index is 312. The van der Waals surface area contributed by atoms with Crippen LogP contribution in [0.4, 0.5) is 0 Å². The molecular formula is C17H42O2Si3. The SMILES string of the molecule is CCC(C)CCCC(C)C[Si](C)(C)O[Si](C)(C)O[Si](C)(C)C. The summed E-state index contributed by atoms with van der Waals surface area (Å²) in [6, 6.07) is 1.26. The molecule has 0 saturated carbocycles. The maximum atomic E-state index is 6.61. The van der Waals surface area contributed by atoms with Crippen LogP contribution < -0.4 is 0 Å². The van der Waals surface area contributed by atoms with Gasteiger partial charge in [0.2, 0.25) is 0 Å².